The van der Waals surface area contributed by atoms with Gasteiger partial charge in [-0.15, -0.1) is 0 Å². The molecule has 0 bridgehead atoms. The van der Waals surface area contributed by atoms with E-state index in [1.807, 2.05) is 30.3 Å². The number of rotatable bonds is 4. The zero-order valence-corrected chi connectivity index (χ0v) is 12.9. The summed E-state index contributed by atoms with van der Waals surface area (Å²) >= 11 is 0. The zero-order valence-electron chi connectivity index (χ0n) is 12.9. The number of hydrogen-bond acceptors (Lipinski definition) is 4. The number of nitrogens with zero attached hydrogens (tertiary/aromatic N) is 3. The molecule has 0 unspecified atom stereocenters. The Bertz CT molecular complexity index is 984. The fourth-order valence-electron chi connectivity index (χ4n) is 2.33. The van der Waals surface area contributed by atoms with E-state index in [9.17, 15) is 14.3 Å². The molecule has 0 N–H and O–H groups in total. The van der Waals surface area contributed by atoms with Crippen LogP contribution in [0, 0.1) is 17.1 Å². The number of aromatic nitrogens is 2. The van der Waals surface area contributed by atoms with E-state index < -0.39 is 17.4 Å². The van der Waals surface area contributed by atoms with Crippen LogP contribution in [0.25, 0.3) is 23.0 Å². The molecule has 5 nitrogen and oxygen atoms in total. The summed E-state index contributed by atoms with van der Waals surface area (Å²) in [5.41, 5.74) is 1.68. The molecule has 0 saturated carbocycles. The lowest BCUT2D eigenvalue weighted by atomic mass is 10.1. The molecule has 0 spiro atoms. The molecule has 3 aromatic rings. The molecule has 0 fully saturated rings. The molecule has 1 heterocycles. The fourth-order valence-corrected chi connectivity index (χ4v) is 2.33. The Hall–Kier alpha value is -3.72. The minimum absolute atomic E-state index is 0.393. The van der Waals surface area contributed by atoms with E-state index in [0.29, 0.717) is 16.8 Å². The first kappa shape index (κ1) is 16.1. The van der Waals surface area contributed by atoms with Crippen molar-refractivity contribution in [2.45, 2.75) is 0 Å². The first-order chi connectivity index (χ1) is 12.1. The number of nitriles is 1. The molecule has 0 amide bonds. The number of carbonyl (C=O) groups is 1. The second-order valence-corrected chi connectivity index (χ2v) is 5.18. The van der Waals surface area contributed by atoms with Crippen molar-refractivity contribution >= 4 is 12.0 Å². The van der Waals surface area contributed by atoms with E-state index in [-0.39, 0.29) is 0 Å². The second kappa shape index (κ2) is 6.81. The van der Waals surface area contributed by atoms with Crippen molar-refractivity contribution in [3.05, 3.63) is 77.7 Å². The van der Waals surface area contributed by atoms with Crippen LogP contribution in [0.1, 0.15) is 5.56 Å². The summed E-state index contributed by atoms with van der Waals surface area (Å²) in [7, 11) is 0. The molecule has 0 aliphatic carbocycles. The van der Waals surface area contributed by atoms with Gasteiger partial charge in [0.15, 0.2) is 0 Å². The molecule has 0 radical (unpaired) electrons. The molecule has 0 atom stereocenters. The largest absolute Gasteiger partial charge is 0.544 e. The van der Waals surface area contributed by atoms with Crippen molar-refractivity contribution in [3.63, 3.8) is 0 Å². The minimum atomic E-state index is -1.57. The maximum atomic E-state index is 13.2. The van der Waals surface area contributed by atoms with Crippen LogP contribution in [0.3, 0.4) is 0 Å². The van der Waals surface area contributed by atoms with Crippen molar-refractivity contribution in [2.24, 2.45) is 0 Å². The third kappa shape index (κ3) is 3.46. The van der Waals surface area contributed by atoms with E-state index in [1.54, 1.807) is 16.9 Å². The zero-order chi connectivity index (χ0) is 17.8. The average Bonchev–Trinajstić information content (AvgIpc) is 3.04. The van der Waals surface area contributed by atoms with Gasteiger partial charge in [-0.1, -0.05) is 18.2 Å². The predicted molar refractivity (Wildman–Crippen MR) is 87.6 cm³/mol. The number of para-hydroxylation sites is 1. The van der Waals surface area contributed by atoms with Crippen LogP contribution >= 0.6 is 0 Å². The lowest BCUT2D eigenvalue weighted by Gasteiger charge is -2.01. The van der Waals surface area contributed by atoms with Crippen molar-refractivity contribution in [1.82, 2.24) is 9.78 Å². The Kier molecular flexibility index (Phi) is 4.40. The molecular formula is C19H11FN3O2-. The normalized spacial score (nSPS) is 11.1. The van der Waals surface area contributed by atoms with Gasteiger partial charge < -0.3 is 9.90 Å². The van der Waals surface area contributed by atoms with E-state index in [0.717, 1.165) is 5.69 Å². The van der Waals surface area contributed by atoms with Gasteiger partial charge in [0, 0.05) is 17.3 Å². The predicted octanol–water partition coefficient (Wildman–Crippen LogP) is 2.34. The highest BCUT2D eigenvalue weighted by Gasteiger charge is 2.12. The van der Waals surface area contributed by atoms with Gasteiger partial charge in [-0.05, 0) is 42.5 Å². The summed E-state index contributed by atoms with van der Waals surface area (Å²) < 4.78 is 14.7. The Morgan fingerprint density at radius 3 is 2.44 bits per heavy atom. The standard InChI is InChI=1S/C19H12FN3O2/c20-16-8-6-13(7-9-16)18-15(10-14(11-21)19(24)25)12-23(22-18)17-4-2-1-3-5-17/h1-10,12H,(H,24,25)/p-1/b14-10+. The molecule has 0 aliphatic heterocycles. The highest BCUT2D eigenvalue weighted by molar-refractivity contribution is 5.96. The van der Waals surface area contributed by atoms with E-state index in [4.69, 9.17) is 5.26 Å². The van der Waals surface area contributed by atoms with Crippen molar-refractivity contribution < 1.29 is 14.3 Å². The van der Waals surface area contributed by atoms with Gasteiger partial charge >= 0.3 is 0 Å². The molecular weight excluding hydrogens is 321 g/mol. The molecule has 122 valence electrons. The number of carboxylic acid groups (broad SMARTS) is 1. The number of benzene rings is 2. The molecule has 2 aromatic carbocycles. The minimum Gasteiger partial charge on any atom is -0.544 e. The summed E-state index contributed by atoms with van der Waals surface area (Å²) in [6.07, 6.45) is 2.80. The number of hydrogen-bond donors (Lipinski definition) is 0. The first-order valence-electron chi connectivity index (χ1n) is 7.32. The number of carbonyl (C=O) groups excluding carboxylic acids is 1. The second-order valence-electron chi connectivity index (χ2n) is 5.18. The van der Waals surface area contributed by atoms with Gasteiger partial charge in [0.1, 0.15) is 11.9 Å². The van der Waals surface area contributed by atoms with Crippen molar-refractivity contribution in [2.75, 3.05) is 0 Å². The van der Waals surface area contributed by atoms with Gasteiger partial charge in [-0.25, -0.2) is 9.07 Å². The molecule has 6 heteroatoms. The van der Waals surface area contributed by atoms with Crippen LogP contribution in [0.4, 0.5) is 4.39 Å². The highest BCUT2D eigenvalue weighted by Crippen LogP contribution is 2.26. The summed E-state index contributed by atoms with van der Waals surface area (Å²) in [6, 6.07) is 16.4. The third-order valence-electron chi connectivity index (χ3n) is 3.52. The van der Waals surface area contributed by atoms with Crippen molar-refractivity contribution in [3.8, 4) is 23.0 Å². The van der Waals surface area contributed by atoms with Gasteiger partial charge in [0.05, 0.1) is 22.9 Å². The van der Waals surface area contributed by atoms with Gasteiger partial charge in [0.25, 0.3) is 0 Å². The third-order valence-corrected chi connectivity index (χ3v) is 3.52. The number of carboxylic acids is 1. The van der Waals surface area contributed by atoms with Crippen LogP contribution < -0.4 is 5.11 Å². The number of halogens is 1. The molecule has 3 rings (SSSR count). The summed E-state index contributed by atoms with van der Waals surface area (Å²) in [5, 5.41) is 24.4. The van der Waals surface area contributed by atoms with Crippen LogP contribution in [-0.2, 0) is 4.79 Å². The van der Waals surface area contributed by atoms with Gasteiger partial charge in [-0.2, -0.15) is 10.4 Å². The van der Waals surface area contributed by atoms with Gasteiger partial charge in [-0.3, -0.25) is 0 Å². The molecule has 0 aliphatic rings. The maximum Gasteiger partial charge on any atom is 0.123 e. The smallest absolute Gasteiger partial charge is 0.123 e. The van der Waals surface area contributed by atoms with Gasteiger partial charge in [0.2, 0.25) is 0 Å². The lowest BCUT2D eigenvalue weighted by molar-refractivity contribution is -0.298. The Morgan fingerprint density at radius 1 is 1.16 bits per heavy atom. The van der Waals surface area contributed by atoms with Crippen molar-refractivity contribution in [1.29, 1.82) is 5.26 Å². The lowest BCUT2D eigenvalue weighted by Crippen LogP contribution is -2.23. The number of aliphatic carboxylic acids is 1. The van der Waals surface area contributed by atoms with E-state index in [2.05, 4.69) is 5.10 Å². The monoisotopic (exact) mass is 332 g/mol. The fraction of sp³-hybridized carbons (Fsp3) is 0. The van der Waals surface area contributed by atoms with E-state index in [1.165, 1.54) is 30.3 Å². The molecule has 1 aromatic heterocycles. The van der Waals surface area contributed by atoms with Crippen LogP contribution in [-0.4, -0.2) is 15.7 Å². The molecule has 0 saturated heterocycles. The maximum absolute atomic E-state index is 13.2. The quantitative estimate of drug-likeness (QED) is 0.542. The van der Waals surface area contributed by atoms with E-state index >= 15 is 0 Å². The Morgan fingerprint density at radius 2 is 1.84 bits per heavy atom. The summed E-state index contributed by atoms with van der Waals surface area (Å²) in [5.74, 6) is -1.96. The van der Waals surface area contributed by atoms with Crippen LogP contribution in [0.5, 0.6) is 0 Å². The van der Waals surface area contributed by atoms with Crippen LogP contribution in [0.2, 0.25) is 0 Å². The SMILES string of the molecule is N#C/C(=C\c1cn(-c2ccccc2)nc1-c1ccc(F)cc1)C(=O)[O-]. The molecule has 25 heavy (non-hydrogen) atoms. The highest BCUT2D eigenvalue weighted by atomic mass is 19.1. The first-order valence-corrected chi connectivity index (χ1v) is 7.32. The summed E-state index contributed by atoms with van der Waals surface area (Å²) in [4.78, 5) is 11.0. The average molecular weight is 332 g/mol. The Labute approximate surface area is 142 Å². The summed E-state index contributed by atoms with van der Waals surface area (Å²) in [6.45, 7) is 0. The Balaban J connectivity index is 2.18. The topological polar surface area (TPSA) is 81.7 Å². The van der Waals surface area contributed by atoms with Crippen LogP contribution in [0.15, 0.2) is 66.4 Å².